The molecular formula is C19H23N3O. The van der Waals surface area contributed by atoms with Gasteiger partial charge in [0.15, 0.2) is 5.60 Å². The lowest BCUT2D eigenvalue weighted by Gasteiger charge is -2.42. The fraction of sp³-hybridized carbons (Fsp3) is 0.526. The summed E-state index contributed by atoms with van der Waals surface area (Å²) < 4.78 is 9.02. The average Bonchev–Trinajstić information content (AvgIpc) is 2.97. The number of fused-ring (bicyclic) bond motifs is 4. The van der Waals surface area contributed by atoms with Crippen molar-refractivity contribution in [2.75, 3.05) is 13.1 Å². The van der Waals surface area contributed by atoms with Gasteiger partial charge in [-0.3, -0.25) is 0 Å². The lowest BCUT2D eigenvalue weighted by molar-refractivity contribution is 0.0218. The Hall–Kier alpha value is -1.81. The molecule has 1 aromatic carbocycles. The molecule has 120 valence electrons. The summed E-state index contributed by atoms with van der Waals surface area (Å²) in [6, 6.07) is 8.37. The van der Waals surface area contributed by atoms with E-state index in [4.69, 9.17) is 9.72 Å². The van der Waals surface area contributed by atoms with Gasteiger partial charge in [0.1, 0.15) is 5.75 Å². The molecule has 1 saturated heterocycles. The number of rotatable bonds is 2. The quantitative estimate of drug-likeness (QED) is 0.925. The predicted octanol–water partition coefficient (Wildman–Crippen LogP) is 3.32. The van der Waals surface area contributed by atoms with Gasteiger partial charge >= 0.3 is 0 Å². The molecule has 3 heterocycles. The summed E-state index contributed by atoms with van der Waals surface area (Å²) in [6.07, 6.45) is 8.20. The Bertz CT molecular complexity index is 726. The Morgan fingerprint density at radius 1 is 1.22 bits per heavy atom. The first-order chi connectivity index (χ1) is 11.4. The fourth-order valence-electron chi connectivity index (χ4n) is 4.33. The Labute approximate surface area is 136 Å². The average molecular weight is 309 g/mol. The minimum absolute atomic E-state index is 0.199. The van der Waals surface area contributed by atoms with Crippen molar-refractivity contribution in [1.82, 2.24) is 14.9 Å². The van der Waals surface area contributed by atoms with Crippen LogP contribution in [0.5, 0.6) is 5.75 Å². The molecule has 4 heteroatoms. The van der Waals surface area contributed by atoms with Crippen LogP contribution in [0.15, 0.2) is 30.6 Å². The van der Waals surface area contributed by atoms with Crippen molar-refractivity contribution in [2.45, 2.75) is 44.2 Å². The van der Waals surface area contributed by atoms with Crippen LogP contribution in [0.25, 0.3) is 11.3 Å². The molecule has 2 aromatic rings. The van der Waals surface area contributed by atoms with Crippen molar-refractivity contribution in [3.63, 3.8) is 0 Å². The van der Waals surface area contributed by atoms with Crippen molar-refractivity contribution in [1.29, 1.82) is 0 Å². The van der Waals surface area contributed by atoms with Crippen LogP contribution in [0.3, 0.4) is 0 Å². The van der Waals surface area contributed by atoms with Crippen LogP contribution < -0.4 is 10.1 Å². The lowest BCUT2D eigenvalue weighted by Crippen LogP contribution is -2.47. The van der Waals surface area contributed by atoms with E-state index in [1.165, 1.54) is 25.0 Å². The van der Waals surface area contributed by atoms with Crippen LogP contribution in [0, 0.1) is 5.92 Å². The van der Waals surface area contributed by atoms with Gasteiger partial charge in [-0.15, -0.1) is 0 Å². The summed E-state index contributed by atoms with van der Waals surface area (Å²) in [7, 11) is 0. The molecule has 1 aromatic heterocycles. The Morgan fingerprint density at radius 3 is 2.83 bits per heavy atom. The molecular weight excluding hydrogens is 286 g/mol. The zero-order chi connectivity index (χ0) is 15.3. The van der Waals surface area contributed by atoms with Gasteiger partial charge < -0.3 is 14.6 Å². The first-order valence-corrected chi connectivity index (χ1v) is 8.90. The van der Waals surface area contributed by atoms with Crippen LogP contribution in [-0.2, 0) is 12.1 Å². The van der Waals surface area contributed by atoms with Gasteiger partial charge in [-0.25, -0.2) is 4.98 Å². The minimum Gasteiger partial charge on any atom is -0.480 e. The summed E-state index contributed by atoms with van der Waals surface area (Å²) in [5.41, 5.74) is 3.42. The number of nitrogens with one attached hydrogen (secondary N) is 1. The number of aromatic nitrogens is 2. The molecule has 1 N–H and O–H groups in total. The standard InChI is InChI=1S/C19H23N3O/c1-2-7-16-15(6-1)17-18(19(23-16)8-10-20-11-9-19)22(13-21-17)12-14-4-3-5-14/h1-2,6-7,13-14,20H,3-5,8-12H2. The zero-order valence-corrected chi connectivity index (χ0v) is 13.4. The topological polar surface area (TPSA) is 39.1 Å². The molecule has 0 amide bonds. The van der Waals surface area contributed by atoms with E-state index in [1.807, 2.05) is 0 Å². The third-order valence-electron chi connectivity index (χ3n) is 5.81. The second kappa shape index (κ2) is 5.10. The summed E-state index contributed by atoms with van der Waals surface area (Å²) >= 11 is 0. The van der Waals surface area contributed by atoms with E-state index in [0.717, 1.165) is 55.4 Å². The first kappa shape index (κ1) is 13.6. The number of hydrogen-bond donors (Lipinski definition) is 1. The molecule has 1 saturated carbocycles. The first-order valence-electron chi connectivity index (χ1n) is 8.90. The SMILES string of the molecule is c1ccc2c(c1)OC1(CCNCC1)c1c-2ncn1CC1CCC1. The summed E-state index contributed by atoms with van der Waals surface area (Å²) in [5.74, 6) is 1.82. The zero-order valence-electron chi connectivity index (χ0n) is 13.4. The summed E-state index contributed by atoms with van der Waals surface area (Å²) in [5, 5.41) is 3.48. The molecule has 1 aliphatic carbocycles. The predicted molar refractivity (Wildman–Crippen MR) is 89.4 cm³/mol. The lowest BCUT2D eigenvalue weighted by atomic mass is 9.82. The number of benzene rings is 1. The maximum Gasteiger partial charge on any atom is 0.153 e. The van der Waals surface area contributed by atoms with E-state index in [2.05, 4.69) is 40.5 Å². The van der Waals surface area contributed by atoms with E-state index < -0.39 is 0 Å². The van der Waals surface area contributed by atoms with E-state index >= 15 is 0 Å². The third kappa shape index (κ3) is 2.04. The molecule has 0 bridgehead atoms. The second-order valence-corrected chi connectivity index (χ2v) is 7.23. The van der Waals surface area contributed by atoms with E-state index in [9.17, 15) is 0 Å². The molecule has 0 unspecified atom stereocenters. The van der Waals surface area contributed by atoms with Gasteiger partial charge in [0.2, 0.25) is 0 Å². The van der Waals surface area contributed by atoms with Gasteiger partial charge in [-0.2, -0.15) is 0 Å². The van der Waals surface area contributed by atoms with E-state index in [-0.39, 0.29) is 5.60 Å². The fourth-order valence-corrected chi connectivity index (χ4v) is 4.33. The van der Waals surface area contributed by atoms with Crippen LogP contribution in [-0.4, -0.2) is 22.6 Å². The van der Waals surface area contributed by atoms with Crippen molar-refractivity contribution in [2.24, 2.45) is 5.92 Å². The molecule has 0 atom stereocenters. The summed E-state index contributed by atoms with van der Waals surface area (Å²) in [4.78, 5) is 4.82. The molecule has 2 fully saturated rings. The van der Waals surface area contributed by atoms with Gasteiger partial charge in [0.25, 0.3) is 0 Å². The van der Waals surface area contributed by atoms with Crippen LogP contribution in [0.2, 0.25) is 0 Å². The number of para-hydroxylation sites is 1. The smallest absolute Gasteiger partial charge is 0.153 e. The monoisotopic (exact) mass is 309 g/mol. The van der Waals surface area contributed by atoms with Gasteiger partial charge in [-0.1, -0.05) is 18.6 Å². The summed E-state index contributed by atoms with van der Waals surface area (Å²) in [6.45, 7) is 3.12. The Morgan fingerprint density at radius 2 is 2.04 bits per heavy atom. The maximum absolute atomic E-state index is 6.62. The van der Waals surface area contributed by atoms with Gasteiger partial charge in [-0.05, 0) is 44.0 Å². The molecule has 0 radical (unpaired) electrons. The highest BCUT2D eigenvalue weighted by atomic mass is 16.5. The Balaban J connectivity index is 1.65. The van der Waals surface area contributed by atoms with Crippen LogP contribution in [0.4, 0.5) is 0 Å². The number of imidazole rings is 1. The molecule has 5 rings (SSSR count). The van der Waals surface area contributed by atoms with Crippen molar-refractivity contribution < 1.29 is 4.74 Å². The number of nitrogens with zero attached hydrogens (tertiary/aromatic N) is 2. The highest BCUT2D eigenvalue weighted by molar-refractivity contribution is 5.72. The van der Waals surface area contributed by atoms with Crippen LogP contribution in [0.1, 0.15) is 37.8 Å². The van der Waals surface area contributed by atoms with Gasteiger partial charge in [0.05, 0.1) is 17.7 Å². The third-order valence-corrected chi connectivity index (χ3v) is 5.81. The maximum atomic E-state index is 6.62. The molecule has 1 spiro atoms. The Kier molecular flexibility index (Phi) is 3.02. The highest BCUT2D eigenvalue weighted by Gasteiger charge is 2.45. The largest absolute Gasteiger partial charge is 0.480 e. The number of hydrogen-bond acceptors (Lipinski definition) is 3. The van der Waals surface area contributed by atoms with Crippen molar-refractivity contribution >= 4 is 0 Å². The van der Waals surface area contributed by atoms with Gasteiger partial charge in [0, 0.05) is 24.9 Å². The minimum atomic E-state index is -0.199. The van der Waals surface area contributed by atoms with Crippen LogP contribution >= 0.6 is 0 Å². The molecule has 4 nitrogen and oxygen atoms in total. The molecule has 3 aliphatic rings. The van der Waals surface area contributed by atoms with Crippen molar-refractivity contribution in [3.8, 4) is 17.0 Å². The van der Waals surface area contributed by atoms with E-state index in [1.54, 1.807) is 0 Å². The normalized spacial score (nSPS) is 22.1. The molecule has 2 aliphatic heterocycles. The second-order valence-electron chi connectivity index (χ2n) is 7.23. The molecule has 23 heavy (non-hydrogen) atoms. The number of piperidine rings is 1. The van der Waals surface area contributed by atoms with E-state index in [0.29, 0.717) is 0 Å². The number of ether oxygens (including phenoxy) is 1. The van der Waals surface area contributed by atoms with Crippen molar-refractivity contribution in [3.05, 3.63) is 36.3 Å². The highest BCUT2D eigenvalue weighted by Crippen LogP contribution is 2.48.